The SMILES string of the molecule is COc1ccccc1[C@H](NC(=O)[C@H](C)n1cccn1)c1noc(C)n1. The highest BCUT2D eigenvalue weighted by molar-refractivity contribution is 5.80. The molecule has 130 valence electrons. The molecule has 0 aliphatic heterocycles. The molecule has 2 aromatic heterocycles. The van der Waals surface area contributed by atoms with Crippen LogP contribution < -0.4 is 10.1 Å². The van der Waals surface area contributed by atoms with Crippen LogP contribution in [0.25, 0.3) is 0 Å². The Kier molecular flexibility index (Phi) is 4.78. The first-order valence-corrected chi connectivity index (χ1v) is 7.82. The smallest absolute Gasteiger partial charge is 0.245 e. The van der Waals surface area contributed by atoms with E-state index in [1.165, 1.54) is 0 Å². The molecule has 0 unspecified atom stereocenters. The number of rotatable bonds is 6. The highest BCUT2D eigenvalue weighted by Crippen LogP contribution is 2.29. The number of hydrogen-bond acceptors (Lipinski definition) is 6. The van der Waals surface area contributed by atoms with Crippen molar-refractivity contribution in [3.63, 3.8) is 0 Å². The van der Waals surface area contributed by atoms with E-state index in [1.807, 2.05) is 24.3 Å². The first-order valence-electron chi connectivity index (χ1n) is 7.82. The summed E-state index contributed by atoms with van der Waals surface area (Å²) in [6.07, 6.45) is 3.37. The van der Waals surface area contributed by atoms with Crippen molar-refractivity contribution in [3.8, 4) is 5.75 Å². The fourth-order valence-electron chi connectivity index (χ4n) is 2.51. The fraction of sp³-hybridized carbons (Fsp3) is 0.294. The minimum absolute atomic E-state index is 0.220. The molecule has 0 saturated heterocycles. The van der Waals surface area contributed by atoms with Gasteiger partial charge in [0.2, 0.25) is 11.8 Å². The third-order valence-corrected chi connectivity index (χ3v) is 3.84. The summed E-state index contributed by atoms with van der Waals surface area (Å²) < 4.78 is 12.1. The van der Waals surface area contributed by atoms with Gasteiger partial charge < -0.3 is 14.6 Å². The standard InChI is InChI=1S/C17H19N5O3/c1-11(22-10-6-9-18-22)17(23)20-15(16-19-12(2)25-21-16)13-7-4-5-8-14(13)24-3/h4-11,15H,1-3H3,(H,20,23)/t11-,15-/m0/s1. The largest absolute Gasteiger partial charge is 0.496 e. The van der Waals surface area contributed by atoms with Gasteiger partial charge in [-0.15, -0.1) is 0 Å². The lowest BCUT2D eigenvalue weighted by Gasteiger charge is -2.21. The first-order chi connectivity index (χ1) is 12.1. The molecule has 0 saturated carbocycles. The number of ether oxygens (including phenoxy) is 1. The van der Waals surface area contributed by atoms with Gasteiger partial charge in [0.1, 0.15) is 17.8 Å². The van der Waals surface area contributed by atoms with E-state index < -0.39 is 12.1 Å². The molecule has 0 aliphatic rings. The van der Waals surface area contributed by atoms with E-state index in [4.69, 9.17) is 9.26 Å². The predicted molar refractivity (Wildman–Crippen MR) is 89.0 cm³/mol. The summed E-state index contributed by atoms with van der Waals surface area (Å²) in [5.41, 5.74) is 0.742. The van der Waals surface area contributed by atoms with Crippen molar-refractivity contribution in [3.05, 3.63) is 60.0 Å². The van der Waals surface area contributed by atoms with Gasteiger partial charge in [0.25, 0.3) is 0 Å². The van der Waals surface area contributed by atoms with Crippen LogP contribution in [-0.4, -0.2) is 32.9 Å². The average Bonchev–Trinajstić information content (AvgIpc) is 3.30. The Morgan fingerprint density at radius 1 is 1.32 bits per heavy atom. The Hall–Kier alpha value is -3.16. The number of amides is 1. The van der Waals surface area contributed by atoms with Gasteiger partial charge >= 0.3 is 0 Å². The molecule has 1 N–H and O–H groups in total. The van der Waals surface area contributed by atoms with Gasteiger partial charge in [-0.1, -0.05) is 23.4 Å². The zero-order chi connectivity index (χ0) is 17.8. The third-order valence-electron chi connectivity index (χ3n) is 3.84. The van der Waals surface area contributed by atoms with Crippen LogP contribution in [0, 0.1) is 6.92 Å². The number of nitrogens with one attached hydrogen (secondary N) is 1. The predicted octanol–water partition coefficient (Wildman–Crippen LogP) is 2.05. The van der Waals surface area contributed by atoms with Gasteiger partial charge in [-0.2, -0.15) is 10.1 Å². The van der Waals surface area contributed by atoms with Crippen LogP contribution in [0.4, 0.5) is 0 Å². The number of carbonyl (C=O) groups excluding carboxylic acids is 1. The summed E-state index contributed by atoms with van der Waals surface area (Å²) in [6, 6.07) is 8.08. The number of methoxy groups -OCH3 is 1. The summed E-state index contributed by atoms with van der Waals surface area (Å²) in [6.45, 7) is 3.47. The number of benzene rings is 1. The molecular formula is C17H19N5O3. The summed E-state index contributed by atoms with van der Waals surface area (Å²) in [5, 5.41) is 11.0. The second-order valence-corrected chi connectivity index (χ2v) is 5.52. The van der Waals surface area contributed by atoms with Crippen molar-refractivity contribution < 1.29 is 14.1 Å². The topological polar surface area (TPSA) is 95.1 Å². The normalized spacial score (nSPS) is 13.2. The molecule has 1 amide bonds. The van der Waals surface area contributed by atoms with E-state index in [-0.39, 0.29) is 5.91 Å². The van der Waals surface area contributed by atoms with Gasteiger partial charge in [0.05, 0.1) is 7.11 Å². The molecule has 0 radical (unpaired) electrons. The van der Waals surface area contributed by atoms with Gasteiger partial charge in [-0.05, 0) is 19.1 Å². The zero-order valence-electron chi connectivity index (χ0n) is 14.2. The summed E-state index contributed by atoms with van der Waals surface area (Å²) in [4.78, 5) is 17.0. The van der Waals surface area contributed by atoms with Gasteiger partial charge in [-0.25, -0.2) is 0 Å². The van der Waals surface area contributed by atoms with Crippen LogP contribution in [0.3, 0.4) is 0 Å². The second-order valence-electron chi connectivity index (χ2n) is 5.52. The van der Waals surface area contributed by atoms with Crippen LogP contribution in [0.5, 0.6) is 5.75 Å². The highest BCUT2D eigenvalue weighted by atomic mass is 16.5. The maximum Gasteiger partial charge on any atom is 0.245 e. The molecule has 0 aliphatic carbocycles. The molecule has 2 heterocycles. The Morgan fingerprint density at radius 2 is 2.12 bits per heavy atom. The van der Waals surface area contributed by atoms with Crippen LogP contribution in [0.1, 0.15) is 36.3 Å². The molecule has 1 aromatic carbocycles. The van der Waals surface area contributed by atoms with Crippen molar-refractivity contribution in [2.45, 2.75) is 25.9 Å². The first kappa shape index (κ1) is 16.7. The lowest BCUT2D eigenvalue weighted by atomic mass is 10.0. The molecule has 8 nitrogen and oxygen atoms in total. The van der Waals surface area contributed by atoms with Gasteiger partial charge in [0, 0.05) is 24.9 Å². The van der Waals surface area contributed by atoms with E-state index in [0.717, 1.165) is 5.56 Å². The monoisotopic (exact) mass is 341 g/mol. The van der Waals surface area contributed by atoms with Crippen LogP contribution >= 0.6 is 0 Å². The Bertz CT molecular complexity index is 844. The van der Waals surface area contributed by atoms with Crippen LogP contribution in [0.15, 0.2) is 47.2 Å². The minimum atomic E-state index is -0.598. The second kappa shape index (κ2) is 7.16. The molecule has 3 aromatic rings. The minimum Gasteiger partial charge on any atom is -0.496 e. The van der Waals surface area contributed by atoms with Crippen molar-refractivity contribution in [2.24, 2.45) is 0 Å². The average molecular weight is 341 g/mol. The quantitative estimate of drug-likeness (QED) is 0.737. The van der Waals surface area contributed by atoms with Crippen molar-refractivity contribution in [1.29, 1.82) is 0 Å². The molecule has 3 rings (SSSR count). The van der Waals surface area contributed by atoms with Gasteiger partial charge in [0.15, 0.2) is 5.82 Å². The molecule has 2 atom stereocenters. The van der Waals surface area contributed by atoms with E-state index >= 15 is 0 Å². The lowest BCUT2D eigenvalue weighted by Crippen LogP contribution is -2.35. The number of hydrogen-bond donors (Lipinski definition) is 1. The number of aryl methyl sites for hydroxylation is 1. The molecule has 0 spiro atoms. The summed E-state index contributed by atoms with van der Waals surface area (Å²) in [5.74, 6) is 1.19. The maximum atomic E-state index is 12.7. The number of aromatic nitrogens is 4. The van der Waals surface area contributed by atoms with Crippen LogP contribution in [-0.2, 0) is 4.79 Å². The summed E-state index contributed by atoms with van der Waals surface area (Å²) in [7, 11) is 1.57. The number of nitrogens with zero attached hydrogens (tertiary/aromatic N) is 4. The Labute approximate surface area is 144 Å². The van der Waals surface area contributed by atoms with Crippen LogP contribution in [0.2, 0.25) is 0 Å². The lowest BCUT2D eigenvalue weighted by molar-refractivity contribution is -0.124. The van der Waals surface area contributed by atoms with E-state index in [2.05, 4.69) is 20.6 Å². The van der Waals surface area contributed by atoms with E-state index in [9.17, 15) is 4.79 Å². The van der Waals surface area contributed by atoms with E-state index in [1.54, 1.807) is 44.1 Å². The summed E-state index contributed by atoms with van der Waals surface area (Å²) >= 11 is 0. The molecule has 8 heteroatoms. The number of carbonyl (C=O) groups is 1. The van der Waals surface area contributed by atoms with E-state index in [0.29, 0.717) is 17.5 Å². The Morgan fingerprint density at radius 3 is 2.76 bits per heavy atom. The molecule has 0 bridgehead atoms. The van der Waals surface area contributed by atoms with Crippen molar-refractivity contribution in [2.75, 3.05) is 7.11 Å². The Balaban J connectivity index is 1.93. The van der Waals surface area contributed by atoms with Crippen molar-refractivity contribution >= 4 is 5.91 Å². The van der Waals surface area contributed by atoms with Crippen molar-refractivity contribution in [1.82, 2.24) is 25.2 Å². The highest BCUT2D eigenvalue weighted by Gasteiger charge is 2.27. The maximum absolute atomic E-state index is 12.7. The molecular weight excluding hydrogens is 322 g/mol. The zero-order valence-corrected chi connectivity index (χ0v) is 14.2. The van der Waals surface area contributed by atoms with Gasteiger partial charge in [-0.3, -0.25) is 9.48 Å². The third kappa shape index (κ3) is 3.52. The molecule has 0 fully saturated rings. The fourth-order valence-corrected chi connectivity index (χ4v) is 2.51. The number of para-hydroxylation sites is 1. The molecule has 25 heavy (non-hydrogen) atoms.